The highest BCUT2D eigenvalue weighted by atomic mass is 79.9. The third kappa shape index (κ3) is 2.47. The van der Waals surface area contributed by atoms with Crippen molar-refractivity contribution in [3.05, 3.63) is 28.2 Å². The van der Waals surface area contributed by atoms with Crippen LogP contribution in [-0.4, -0.2) is 13.2 Å². The highest BCUT2D eigenvalue weighted by Gasteiger charge is 2.12. The van der Waals surface area contributed by atoms with E-state index in [4.69, 9.17) is 16.2 Å². The van der Waals surface area contributed by atoms with Gasteiger partial charge in [-0.3, -0.25) is 0 Å². The Balaban J connectivity index is 2.96. The van der Waals surface area contributed by atoms with Crippen molar-refractivity contribution in [1.29, 1.82) is 0 Å². The van der Waals surface area contributed by atoms with Gasteiger partial charge >= 0.3 is 0 Å². The third-order valence-electron chi connectivity index (χ3n) is 2.13. The Morgan fingerprint density at radius 1 is 1.36 bits per heavy atom. The van der Waals surface area contributed by atoms with Gasteiger partial charge in [0.1, 0.15) is 5.75 Å². The summed E-state index contributed by atoms with van der Waals surface area (Å²) in [6.45, 7) is 1.89. The summed E-state index contributed by atoms with van der Waals surface area (Å²) in [6, 6.07) is 5.54. The maximum absolute atomic E-state index is 5.91. The van der Waals surface area contributed by atoms with Crippen LogP contribution in [0.5, 0.6) is 5.75 Å². The predicted octanol–water partition coefficient (Wildman–Crippen LogP) is 1.80. The molecule has 4 heteroatoms. The molecule has 0 radical (unpaired) electrons. The third-order valence-corrected chi connectivity index (χ3v) is 2.75. The minimum Gasteiger partial charge on any atom is -0.496 e. The average Bonchev–Trinajstić information content (AvgIpc) is 2.16. The lowest BCUT2D eigenvalue weighted by Crippen LogP contribution is -2.30. The second-order valence-corrected chi connectivity index (χ2v) is 4.13. The number of nitrogens with two attached hydrogens (primary N) is 2. The van der Waals surface area contributed by atoms with Gasteiger partial charge in [0.05, 0.1) is 11.6 Å². The number of benzene rings is 1. The molecule has 1 rings (SSSR count). The molecule has 2 unspecified atom stereocenters. The second kappa shape index (κ2) is 4.77. The molecule has 1 aromatic rings. The van der Waals surface area contributed by atoms with Crippen molar-refractivity contribution in [2.24, 2.45) is 11.5 Å². The fraction of sp³-hybridized carbons (Fsp3) is 0.400. The Kier molecular flexibility index (Phi) is 3.92. The van der Waals surface area contributed by atoms with E-state index >= 15 is 0 Å². The van der Waals surface area contributed by atoms with Gasteiger partial charge in [0.2, 0.25) is 0 Å². The molecule has 0 aliphatic rings. The van der Waals surface area contributed by atoms with Gasteiger partial charge in [-0.15, -0.1) is 0 Å². The molecule has 14 heavy (non-hydrogen) atoms. The standard InChI is InChI=1S/C10H15BrN2O/c1-6(12)10(13)7-3-4-9(14-2)8(11)5-7/h3-6,10H,12-13H2,1-2H3. The zero-order valence-electron chi connectivity index (χ0n) is 8.33. The second-order valence-electron chi connectivity index (χ2n) is 3.28. The molecular formula is C10H15BrN2O. The topological polar surface area (TPSA) is 61.3 Å². The van der Waals surface area contributed by atoms with Crippen LogP contribution in [0.15, 0.2) is 22.7 Å². The Morgan fingerprint density at radius 3 is 2.43 bits per heavy atom. The zero-order chi connectivity index (χ0) is 10.7. The van der Waals surface area contributed by atoms with Crippen LogP contribution in [0.3, 0.4) is 0 Å². The van der Waals surface area contributed by atoms with Crippen molar-refractivity contribution < 1.29 is 4.74 Å². The highest BCUT2D eigenvalue weighted by molar-refractivity contribution is 9.10. The lowest BCUT2D eigenvalue weighted by Gasteiger charge is -2.16. The number of ether oxygens (including phenoxy) is 1. The van der Waals surface area contributed by atoms with Crippen LogP contribution in [0, 0.1) is 0 Å². The molecule has 0 heterocycles. The average molecular weight is 259 g/mol. The van der Waals surface area contributed by atoms with Crippen LogP contribution in [0.1, 0.15) is 18.5 Å². The summed E-state index contributed by atoms with van der Waals surface area (Å²) in [5.74, 6) is 0.797. The zero-order valence-corrected chi connectivity index (χ0v) is 9.91. The number of hydrogen-bond acceptors (Lipinski definition) is 3. The molecule has 0 saturated carbocycles. The summed E-state index contributed by atoms with van der Waals surface area (Å²) in [4.78, 5) is 0. The molecule has 0 aliphatic heterocycles. The van der Waals surface area contributed by atoms with E-state index in [-0.39, 0.29) is 12.1 Å². The van der Waals surface area contributed by atoms with Crippen LogP contribution < -0.4 is 16.2 Å². The molecule has 1 aromatic carbocycles. The number of hydrogen-bond donors (Lipinski definition) is 2. The SMILES string of the molecule is COc1ccc(C(N)C(C)N)cc1Br. The van der Waals surface area contributed by atoms with Gasteiger partial charge < -0.3 is 16.2 Å². The van der Waals surface area contributed by atoms with Gasteiger partial charge in [0, 0.05) is 12.1 Å². The predicted molar refractivity (Wildman–Crippen MR) is 61.3 cm³/mol. The summed E-state index contributed by atoms with van der Waals surface area (Å²) in [5, 5.41) is 0. The van der Waals surface area contributed by atoms with E-state index in [1.165, 1.54) is 0 Å². The maximum atomic E-state index is 5.91. The number of methoxy groups -OCH3 is 1. The fourth-order valence-corrected chi connectivity index (χ4v) is 1.75. The van der Waals surface area contributed by atoms with Gasteiger partial charge in [-0.25, -0.2) is 0 Å². The van der Waals surface area contributed by atoms with Gasteiger partial charge in [0.15, 0.2) is 0 Å². The van der Waals surface area contributed by atoms with Crippen molar-refractivity contribution in [1.82, 2.24) is 0 Å². The van der Waals surface area contributed by atoms with Crippen molar-refractivity contribution in [3.8, 4) is 5.75 Å². The first-order valence-electron chi connectivity index (χ1n) is 4.41. The molecule has 4 N–H and O–H groups in total. The van der Waals surface area contributed by atoms with E-state index in [1.54, 1.807) is 7.11 Å². The van der Waals surface area contributed by atoms with E-state index < -0.39 is 0 Å². The molecule has 0 aromatic heterocycles. The Bertz CT molecular complexity index is 315. The Hall–Kier alpha value is -0.580. The molecule has 3 nitrogen and oxygen atoms in total. The molecule has 0 spiro atoms. The lowest BCUT2D eigenvalue weighted by molar-refractivity contribution is 0.411. The largest absolute Gasteiger partial charge is 0.496 e. The summed E-state index contributed by atoms with van der Waals surface area (Å²) in [7, 11) is 1.63. The number of halogens is 1. The normalized spacial score (nSPS) is 14.9. The summed E-state index contributed by atoms with van der Waals surface area (Å²) in [5.41, 5.74) is 12.6. The van der Waals surface area contributed by atoms with Crippen molar-refractivity contribution in [2.45, 2.75) is 19.0 Å². The monoisotopic (exact) mass is 258 g/mol. The van der Waals surface area contributed by atoms with E-state index in [1.807, 2.05) is 25.1 Å². The van der Waals surface area contributed by atoms with Crippen LogP contribution in [0.25, 0.3) is 0 Å². The molecule has 0 fully saturated rings. The van der Waals surface area contributed by atoms with Crippen LogP contribution >= 0.6 is 15.9 Å². The number of rotatable bonds is 3. The van der Waals surface area contributed by atoms with E-state index in [0.717, 1.165) is 15.8 Å². The van der Waals surface area contributed by atoms with Crippen molar-refractivity contribution in [2.75, 3.05) is 7.11 Å². The van der Waals surface area contributed by atoms with Gasteiger partial charge in [-0.1, -0.05) is 6.07 Å². The van der Waals surface area contributed by atoms with Crippen LogP contribution in [0.2, 0.25) is 0 Å². The first-order chi connectivity index (χ1) is 6.56. The molecule has 2 atom stereocenters. The summed E-state index contributed by atoms with van der Waals surface area (Å²) < 4.78 is 6.02. The summed E-state index contributed by atoms with van der Waals surface area (Å²) >= 11 is 3.40. The first-order valence-corrected chi connectivity index (χ1v) is 5.20. The molecule has 78 valence electrons. The minimum absolute atomic E-state index is 0.0599. The van der Waals surface area contributed by atoms with Gasteiger partial charge in [-0.05, 0) is 40.5 Å². The van der Waals surface area contributed by atoms with E-state index in [2.05, 4.69) is 15.9 Å². The highest BCUT2D eigenvalue weighted by Crippen LogP contribution is 2.27. The van der Waals surface area contributed by atoms with E-state index in [0.29, 0.717) is 0 Å². The van der Waals surface area contributed by atoms with Crippen LogP contribution in [0.4, 0.5) is 0 Å². The maximum Gasteiger partial charge on any atom is 0.133 e. The molecule has 0 aliphatic carbocycles. The molecular weight excluding hydrogens is 244 g/mol. The molecule has 0 saturated heterocycles. The fourth-order valence-electron chi connectivity index (χ4n) is 1.19. The first kappa shape index (κ1) is 11.5. The van der Waals surface area contributed by atoms with Crippen molar-refractivity contribution in [3.63, 3.8) is 0 Å². The lowest BCUT2D eigenvalue weighted by atomic mass is 10.0. The van der Waals surface area contributed by atoms with Crippen LogP contribution in [-0.2, 0) is 0 Å². The van der Waals surface area contributed by atoms with E-state index in [9.17, 15) is 0 Å². The van der Waals surface area contributed by atoms with Gasteiger partial charge in [-0.2, -0.15) is 0 Å². The minimum atomic E-state index is -0.141. The Morgan fingerprint density at radius 2 is 2.00 bits per heavy atom. The molecule has 0 bridgehead atoms. The quantitative estimate of drug-likeness (QED) is 0.870. The Labute approximate surface area is 92.6 Å². The summed E-state index contributed by atoms with van der Waals surface area (Å²) in [6.07, 6.45) is 0. The molecule has 0 amide bonds. The smallest absolute Gasteiger partial charge is 0.133 e. The van der Waals surface area contributed by atoms with Gasteiger partial charge in [0.25, 0.3) is 0 Å². The van der Waals surface area contributed by atoms with Crippen molar-refractivity contribution >= 4 is 15.9 Å².